The number of hydrogen-bond acceptors (Lipinski definition) is 5. The van der Waals surface area contributed by atoms with Gasteiger partial charge in [-0.05, 0) is 53.9 Å². The highest BCUT2D eigenvalue weighted by Gasteiger charge is 2.13. The van der Waals surface area contributed by atoms with E-state index in [9.17, 15) is 13.2 Å². The van der Waals surface area contributed by atoms with Crippen LogP contribution in [-0.4, -0.2) is 27.5 Å². The van der Waals surface area contributed by atoms with Gasteiger partial charge in [0.25, 0.3) is 5.91 Å². The molecular weight excluding hydrogens is 426 g/mol. The van der Waals surface area contributed by atoms with Crippen molar-refractivity contribution in [2.45, 2.75) is 17.7 Å². The van der Waals surface area contributed by atoms with Crippen LogP contribution in [0.1, 0.15) is 11.1 Å². The van der Waals surface area contributed by atoms with Crippen molar-refractivity contribution in [2.75, 3.05) is 18.5 Å². The molecule has 0 spiro atoms. The van der Waals surface area contributed by atoms with Gasteiger partial charge in [-0.1, -0.05) is 42.5 Å². The molecule has 0 aromatic heterocycles. The normalized spacial score (nSPS) is 10.8. The smallest absolute Gasteiger partial charge is 0.262 e. The van der Waals surface area contributed by atoms with E-state index in [0.717, 1.165) is 11.1 Å². The van der Waals surface area contributed by atoms with Crippen molar-refractivity contribution >= 4 is 21.6 Å². The van der Waals surface area contributed by atoms with Gasteiger partial charge in [-0.15, -0.1) is 0 Å². The average molecular weight is 450 g/mol. The topological polar surface area (TPSA) is 108 Å². The lowest BCUT2D eigenvalue weighted by atomic mass is 10.1. The summed E-state index contributed by atoms with van der Waals surface area (Å²) in [6.45, 7) is 0.0730. The third-order valence-corrected chi connectivity index (χ3v) is 6.05. The summed E-state index contributed by atoms with van der Waals surface area (Å²) < 4.78 is 32.9. The second-order valence-corrected chi connectivity index (χ2v) is 8.74. The molecule has 2 N–H and O–H groups in total. The maximum Gasteiger partial charge on any atom is 0.262 e. The molecule has 164 valence electrons. The van der Waals surface area contributed by atoms with Gasteiger partial charge in [0, 0.05) is 12.2 Å². The third-order valence-electron chi connectivity index (χ3n) is 4.57. The molecule has 0 aliphatic carbocycles. The number of rotatable bonds is 10. The van der Waals surface area contributed by atoms with E-state index in [0.29, 0.717) is 30.8 Å². The van der Waals surface area contributed by atoms with Crippen LogP contribution in [0.4, 0.5) is 5.69 Å². The van der Waals surface area contributed by atoms with Gasteiger partial charge in [-0.25, -0.2) is 13.1 Å². The summed E-state index contributed by atoms with van der Waals surface area (Å²) in [5.74, 6) is 0.0325. The number of ether oxygens (including phenoxy) is 1. The maximum absolute atomic E-state index is 12.4. The van der Waals surface area contributed by atoms with Crippen LogP contribution in [0.15, 0.2) is 83.8 Å². The Morgan fingerprint density at radius 3 is 2.25 bits per heavy atom. The van der Waals surface area contributed by atoms with Crippen molar-refractivity contribution in [2.24, 2.45) is 0 Å². The largest absolute Gasteiger partial charge is 0.484 e. The molecule has 0 fully saturated rings. The first-order valence-corrected chi connectivity index (χ1v) is 11.5. The minimum absolute atomic E-state index is 0.125. The Hall–Kier alpha value is -3.67. The van der Waals surface area contributed by atoms with Crippen LogP contribution in [0.3, 0.4) is 0 Å². The summed E-state index contributed by atoms with van der Waals surface area (Å²) in [6.07, 6.45) is 0.906. The molecule has 32 heavy (non-hydrogen) atoms. The van der Waals surface area contributed by atoms with E-state index in [1.165, 1.54) is 24.3 Å². The van der Waals surface area contributed by atoms with Gasteiger partial charge in [0.15, 0.2) is 6.61 Å². The lowest BCUT2D eigenvalue weighted by molar-refractivity contribution is -0.118. The second-order valence-electron chi connectivity index (χ2n) is 6.97. The number of anilines is 1. The Morgan fingerprint density at radius 2 is 1.59 bits per heavy atom. The molecule has 0 aliphatic rings. The van der Waals surface area contributed by atoms with Gasteiger partial charge in [0.2, 0.25) is 10.0 Å². The molecule has 7 nitrogen and oxygen atoms in total. The van der Waals surface area contributed by atoms with Crippen molar-refractivity contribution < 1.29 is 17.9 Å². The van der Waals surface area contributed by atoms with E-state index < -0.39 is 10.0 Å². The van der Waals surface area contributed by atoms with Crippen LogP contribution in [0.5, 0.6) is 5.75 Å². The Bertz CT molecular complexity index is 1170. The Labute approximate surface area is 187 Å². The molecule has 1 amide bonds. The standard InChI is InChI=1S/C24H23N3O4S/c25-16-14-20-6-8-21(9-7-20)27-24(28)18-31-22-10-12-23(13-11-22)32(29,30)26-17-15-19-4-2-1-3-5-19/h1-13,26H,14-15,17-18H2,(H,27,28). The molecule has 0 heterocycles. The number of sulfonamides is 1. The number of amides is 1. The van der Waals surface area contributed by atoms with E-state index in [1.54, 1.807) is 24.3 Å². The highest BCUT2D eigenvalue weighted by atomic mass is 32.2. The molecule has 0 saturated carbocycles. The first-order valence-electron chi connectivity index (χ1n) is 9.98. The predicted molar refractivity (Wildman–Crippen MR) is 122 cm³/mol. The van der Waals surface area contributed by atoms with Crippen LogP contribution in [-0.2, 0) is 27.7 Å². The fourth-order valence-corrected chi connectivity index (χ4v) is 3.95. The van der Waals surface area contributed by atoms with Gasteiger partial charge in [-0.2, -0.15) is 5.26 Å². The summed E-state index contributed by atoms with van der Waals surface area (Å²) >= 11 is 0. The third kappa shape index (κ3) is 6.94. The fraction of sp³-hybridized carbons (Fsp3) is 0.167. The quantitative estimate of drug-likeness (QED) is 0.494. The van der Waals surface area contributed by atoms with Crippen LogP contribution in [0, 0.1) is 11.3 Å². The van der Waals surface area contributed by atoms with E-state index in [4.69, 9.17) is 10.00 Å². The Morgan fingerprint density at radius 1 is 0.906 bits per heavy atom. The Kier molecular flexibility index (Phi) is 7.97. The van der Waals surface area contributed by atoms with Crippen LogP contribution in [0.25, 0.3) is 0 Å². The van der Waals surface area contributed by atoms with E-state index in [2.05, 4.69) is 16.1 Å². The first kappa shape index (κ1) is 23.0. The maximum atomic E-state index is 12.4. The molecule has 3 aromatic rings. The van der Waals surface area contributed by atoms with Crippen molar-refractivity contribution in [3.8, 4) is 11.8 Å². The zero-order chi connectivity index (χ0) is 22.8. The van der Waals surface area contributed by atoms with Crippen molar-refractivity contribution in [3.63, 3.8) is 0 Å². The SMILES string of the molecule is N#CCc1ccc(NC(=O)COc2ccc(S(=O)(=O)NCCc3ccccc3)cc2)cc1. The van der Waals surface area contributed by atoms with Crippen LogP contribution < -0.4 is 14.8 Å². The highest BCUT2D eigenvalue weighted by Crippen LogP contribution is 2.16. The van der Waals surface area contributed by atoms with E-state index >= 15 is 0 Å². The molecule has 3 rings (SSSR count). The molecule has 0 atom stereocenters. The monoisotopic (exact) mass is 449 g/mol. The zero-order valence-corrected chi connectivity index (χ0v) is 18.1. The number of benzene rings is 3. The van der Waals surface area contributed by atoms with E-state index in [-0.39, 0.29) is 17.4 Å². The summed E-state index contributed by atoms with van der Waals surface area (Å²) in [5, 5.41) is 11.4. The number of carbonyl (C=O) groups excluding carboxylic acids is 1. The second kappa shape index (κ2) is 11.1. The minimum Gasteiger partial charge on any atom is -0.484 e. The van der Waals surface area contributed by atoms with Crippen molar-refractivity contribution in [1.29, 1.82) is 5.26 Å². The van der Waals surface area contributed by atoms with E-state index in [1.807, 2.05) is 30.3 Å². The number of nitrogens with zero attached hydrogens (tertiary/aromatic N) is 1. The van der Waals surface area contributed by atoms with Crippen LogP contribution in [0.2, 0.25) is 0 Å². The van der Waals surface area contributed by atoms with Crippen molar-refractivity contribution in [1.82, 2.24) is 4.72 Å². The molecule has 3 aromatic carbocycles. The molecule has 0 bridgehead atoms. The fourth-order valence-electron chi connectivity index (χ4n) is 2.92. The number of carbonyl (C=O) groups is 1. The number of hydrogen-bond donors (Lipinski definition) is 2. The van der Waals surface area contributed by atoms with Gasteiger partial charge in [0.1, 0.15) is 5.75 Å². The number of nitriles is 1. The molecule has 0 unspecified atom stereocenters. The van der Waals surface area contributed by atoms with Crippen LogP contribution >= 0.6 is 0 Å². The summed E-state index contributed by atoms with van der Waals surface area (Å²) in [4.78, 5) is 12.2. The van der Waals surface area contributed by atoms with Gasteiger partial charge >= 0.3 is 0 Å². The average Bonchev–Trinajstić information content (AvgIpc) is 2.80. The molecule has 0 saturated heterocycles. The predicted octanol–water partition coefficient (Wildman–Crippen LogP) is 3.29. The lowest BCUT2D eigenvalue weighted by Crippen LogP contribution is -2.26. The summed E-state index contributed by atoms with van der Waals surface area (Å²) in [6, 6.07) is 24.6. The summed E-state index contributed by atoms with van der Waals surface area (Å²) in [5.41, 5.74) is 2.52. The molecular formula is C24H23N3O4S. The summed E-state index contributed by atoms with van der Waals surface area (Å²) in [7, 11) is -3.63. The minimum atomic E-state index is -3.63. The number of nitrogens with one attached hydrogen (secondary N) is 2. The molecule has 8 heteroatoms. The highest BCUT2D eigenvalue weighted by molar-refractivity contribution is 7.89. The van der Waals surface area contributed by atoms with Crippen molar-refractivity contribution in [3.05, 3.63) is 90.0 Å². The van der Waals surface area contributed by atoms with Gasteiger partial charge in [-0.3, -0.25) is 4.79 Å². The van der Waals surface area contributed by atoms with Gasteiger partial charge < -0.3 is 10.1 Å². The lowest BCUT2D eigenvalue weighted by Gasteiger charge is -2.10. The van der Waals surface area contributed by atoms with Gasteiger partial charge in [0.05, 0.1) is 17.4 Å². The molecule has 0 radical (unpaired) electrons. The Balaban J connectivity index is 1.47. The first-order chi connectivity index (χ1) is 15.5. The molecule has 0 aliphatic heterocycles. The zero-order valence-electron chi connectivity index (χ0n) is 17.3.